The monoisotopic (exact) mass is 337 g/mol. The van der Waals surface area contributed by atoms with Crippen molar-refractivity contribution in [3.05, 3.63) is 46.0 Å². The zero-order valence-corrected chi connectivity index (χ0v) is 10.9. The summed E-state index contributed by atoms with van der Waals surface area (Å²) in [5.74, 6) is 0.169. The molecule has 3 rings (SSSR count). The van der Waals surface area contributed by atoms with E-state index in [1.165, 1.54) is 4.80 Å². The molecule has 0 spiro atoms. The summed E-state index contributed by atoms with van der Waals surface area (Å²) in [7, 11) is 0. The van der Waals surface area contributed by atoms with E-state index >= 15 is 0 Å². The van der Waals surface area contributed by atoms with Crippen LogP contribution in [0.3, 0.4) is 0 Å². The van der Waals surface area contributed by atoms with Crippen LogP contribution in [-0.4, -0.2) is 20.1 Å². The summed E-state index contributed by atoms with van der Waals surface area (Å²) in [5, 5.41) is 18.5. The van der Waals surface area contributed by atoms with Crippen molar-refractivity contribution in [3.63, 3.8) is 0 Å². The van der Waals surface area contributed by atoms with Gasteiger partial charge < -0.3 is 5.11 Å². The summed E-state index contributed by atoms with van der Waals surface area (Å²) >= 11 is 2.22. The van der Waals surface area contributed by atoms with E-state index in [1.807, 2.05) is 24.3 Å². The zero-order valence-electron chi connectivity index (χ0n) is 8.71. The molecule has 0 bridgehead atoms. The number of rotatable bonds is 1. The summed E-state index contributed by atoms with van der Waals surface area (Å²) < 4.78 is 1.04. The van der Waals surface area contributed by atoms with Gasteiger partial charge in [-0.1, -0.05) is 18.2 Å². The molecule has 84 valence electrons. The van der Waals surface area contributed by atoms with E-state index < -0.39 is 0 Å². The Balaban J connectivity index is 2.26. The molecule has 0 atom stereocenters. The number of halogens is 1. The lowest BCUT2D eigenvalue weighted by Crippen LogP contribution is -1.98. The number of hydrogen-bond donors (Lipinski definition) is 1. The minimum atomic E-state index is 0.169. The molecule has 17 heavy (non-hydrogen) atoms. The number of aromatic hydroxyl groups is 1. The minimum Gasteiger partial charge on any atom is -0.506 e. The first-order valence-corrected chi connectivity index (χ1v) is 6.13. The Kier molecular flexibility index (Phi) is 2.47. The Bertz CT molecular complexity index is 693. The van der Waals surface area contributed by atoms with Gasteiger partial charge in [0.05, 0.1) is 0 Å². The van der Waals surface area contributed by atoms with Crippen LogP contribution in [0.4, 0.5) is 0 Å². The number of phenolic OH excluding ortho intramolecular Hbond substituents is 1. The smallest absolute Gasteiger partial charge is 0.143 e. The number of phenols is 1. The highest BCUT2D eigenvalue weighted by Crippen LogP contribution is 2.22. The normalized spacial score (nSPS) is 10.9. The second-order valence-corrected chi connectivity index (χ2v) is 4.75. The van der Waals surface area contributed by atoms with E-state index in [9.17, 15) is 5.11 Å². The average Bonchev–Trinajstić information content (AvgIpc) is 2.75. The molecular weight excluding hydrogens is 329 g/mol. The lowest BCUT2D eigenvalue weighted by molar-refractivity contribution is 0.468. The highest BCUT2D eigenvalue weighted by Gasteiger charge is 2.09. The zero-order chi connectivity index (χ0) is 11.8. The molecular formula is C12H8IN3O. The lowest BCUT2D eigenvalue weighted by Gasteiger charge is -2.00. The predicted molar refractivity (Wildman–Crippen MR) is 73.2 cm³/mol. The first-order chi connectivity index (χ1) is 8.25. The summed E-state index contributed by atoms with van der Waals surface area (Å²) in [5.41, 5.74) is 2.25. The number of aromatic nitrogens is 3. The van der Waals surface area contributed by atoms with Gasteiger partial charge in [-0.3, -0.25) is 0 Å². The van der Waals surface area contributed by atoms with Crippen LogP contribution in [-0.2, 0) is 0 Å². The molecule has 0 aliphatic heterocycles. The van der Waals surface area contributed by atoms with E-state index in [-0.39, 0.29) is 5.75 Å². The van der Waals surface area contributed by atoms with Crippen LogP contribution in [0.25, 0.3) is 16.7 Å². The number of nitrogens with zero attached hydrogens (tertiary/aromatic N) is 3. The predicted octanol–water partition coefficient (Wildman–Crippen LogP) is 2.73. The maximum Gasteiger partial charge on any atom is 0.143 e. The van der Waals surface area contributed by atoms with Gasteiger partial charge >= 0.3 is 0 Å². The third kappa shape index (κ3) is 1.76. The summed E-state index contributed by atoms with van der Waals surface area (Å²) in [4.78, 5) is 1.46. The first kappa shape index (κ1) is 10.5. The number of benzene rings is 2. The Morgan fingerprint density at radius 2 is 1.82 bits per heavy atom. The summed E-state index contributed by atoms with van der Waals surface area (Å²) in [6, 6.07) is 12.8. The molecule has 0 aliphatic rings. The Morgan fingerprint density at radius 1 is 1.00 bits per heavy atom. The van der Waals surface area contributed by atoms with Crippen LogP contribution < -0.4 is 0 Å². The van der Waals surface area contributed by atoms with Crippen LogP contribution in [0.1, 0.15) is 0 Å². The maximum absolute atomic E-state index is 9.76. The van der Waals surface area contributed by atoms with E-state index in [4.69, 9.17) is 0 Å². The van der Waals surface area contributed by atoms with Gasteiger partial charge in [-0.15, -0.1) is 15.0 Å². The van der Waals surface area contributed by atoms with Crippen LogP contribution >= 0.6 is 22.6 Å². The number of hydrogen-bond acceptors (Lipinski definition) is 3. The van der Waals surface area contributed by atoms with Crippen molar-refractivity contribution in [2.45, 2.75) is 0 Å². The highest BCUT2D eigenvalue weighted by atomic mass is 127. The Labute approximate surface area is 111 Å². The van der Waals surface area contributed by atoms with Crippen molar-refractivity contribution in [2.24, 2.45) is 0 Å². The molecule has 0 amide bonds. The van der Waals surface area contributed by atoms with E-state index in [0.717, 1.165) is 14.6 Å². The molecule has 0 saturated heterocycles. The van der Waals surface area contributed by atoms with Gasteiger partial charge in [0.25, 0.3) is 0 Å². The lowest BCUT2D eigenvalue weighted by atomic mass is 10.3. The second kappa shape index (κ2) is 3.99. The van der Waals surface area contributed by atoms with Crippen LogP contribution in [0, 0.1) is 3.57 Å². The number of para-hydroxylation sites is 2. The molecule has 0 fully saturated rings. The van der Waals surface area contributed by atoms with Gasteiger partial charge in [0, 0.05) is 3.57 Å². The number of fused-ring (bicyclic) bond motifs is 1. The van der Waals surface area contributed by atoms with Gasteiger partial charge in [-0.25, -0.2) is 0 Å². The van der Waals surface area contributed by atoms with Gasteiger partial charge in [-0.05, 0) is 46.9 Å². The summed E-state index contributed by atoms with van der Waals surface area (Å²) in [6.45, 7) is 0. The first-order valence-electron chi connectivity index (χ1n) is 5.05. The second-order valence-electron chi connectivity index (χ2n) is 3.59. The van der Waals surface area contributed by atoms with Crippen molar-refractivity contribution >= 4 is 33.6 Å². The Hall–Kier alpha value is -1.63. The molecule has 1 heterocycles. The fourth-order valence-electron chi connectivity index (χ4n) is 1.64. The van der Waals surface area contributed by atoms with Gasteiger partial charge in [0.15, 0.2) is 0 Å². The van der Waals surface area contributed by atoms with Gasteiger partial charge in [-0.2, -0.15) is 0 Å². The van der Waals surface area contributed by atoms with Crippen molar-refractivity contribution in [3.8, 4) is 11.4 Å². The molecule has 0 radical (unpaired) electrons. The molecule has 1 aromatic heterocycles. The fourth-order valence-corrected chi connectivity index (χ4v) is 2.24. The molecule has 3 aromatic rings. The molecule has 0 unspecified atom stereocenters. The van der Waals surface area contributed by atoms with Gasteiger partial charge in [0.1, 0.15) is 22.5 Å². The maximum atomic E-state index is 9.76. The molecule has 4 nitrogen and oxygen atoms in total. The fraction of sp³-hybridized carbons (Fsp3) is 0. The molecule has 0 aliphatic carbocycles. The highest BCUT2D eigenvalue weighted by molar-refractivity contribution is 14.1. The van der Waals surface area contributed by atoms with Crippen molar-refractivity contribution in [1.29, 1.82) is 0 Å². The minimum absolute atomic E-state index is 0.169. The largest absolute Gasteiger partial charge is 0.506 e. The third-order valence-electron chi connectivity index (χ3n) is 2.46. The van der Waals surface area contributed by atoms with Crippen LogP contribution in [0.5, 0.6) is 5.75 Å². The van der Waals surface area contributed by atoms with Crippen molar-refractivity contribution in [2.75, 3.05) is 0 Å². The van der Waals surface area contributed by atoms with Crippen molar-refractivity contribution < 1.29 is 5.11 Å². The topological polar surface area (TPSA) is 50.9 Å². The van der Waals surface area contributed by atoms with E-state index in [0.29, 0.717) is 5.69 Å². The summed E-state index contributed by atoms with van der Waals surface area (Å²) in [6.07, 6.45) is 0. The van der Waals surface area contributed by atoms with E-state index in [2.05, 4.69) is 32.8 Å². The van der Waals surface area contributed by atoms with Crippen LogP contribution in [0.2, 0.25) is 0 Å². The molecule has 0 saturated carbocycles. The SMILES string of the molecule is Oc1ccccc1-n1nc2cccc(I)c2n1. The molecule has 2 aromatic carbocycles. The molecule has 5 heteroatoms. The van der Waals surface area contributed by atoms with Gasteiger partial charge in [0.2, 0.25) is 0 Å². The Morgan fingerprint density at radius 3 is 2.59 bits per heavy atom. The van der Waals surface area contributed by atoms with E-state index in [1.54, 1.807) is 18.2 Å². The molecule has 1 N–H and O–H groups in total. The average molecular weight is 337 g/mol. The quantitative estimate of drug-likeness (QED) is 0.695. The van der Waals surface area contributed by atoms with Crippen LogP contribution in [0.15, 0.2) is 42.5 Å². The third-order valence-corrected chi connectivity index (χ3v) is 3.33. The van der Waals surface area contributed by atoms with Crippen molar-refractivity contribution in [1.82, 2.24) is 15.0 Å². The standard InChI is InChI=1S/C12H8IN3O/c13-8-4-3-5-9-12(8)15-16(14-9)10-6-1-2-7-11(10)17/h1-7,17H.